The highest BCUT2D eigenvalue weighted by molar-refractivity contribution is 8.14. The van der Waals surface area contributed by atoms with E-state index in [0.717, 1.165) is 28.1 Å². The topological polar surface area (TPSA) is 78.8 Å². The van der Waals surface area contributed by atoms with Crippen molar-refractivity contribution < 1.29 is 13.2 Å². The highest BCUT2D eigenvalue weighted by atomic mass is 32.2. The number of aliphatic imine (C=N–C) groups is 1. The molecule has 2 aromatic rings. The van der Waals surface area contributed by atoms with Gasteiger partial charge in [0, 0.05) is 11.4 Å². The molecular weight excluding hydrogens is 418 g/mol. The second-order valence-electron chi connectivity index (χ2n) is 7.98. The van der Waals surface area contributed by atoms with E-state index in [1.54, 1.807) is 0 Å². The van der Waals surface area contributed by atoms with Crippen LogP contribution in [0.3, 0.4) is 0 Å². The van der Waals surface area contributed by atoms with Crippen LogP contribution in [0, 0.1) is 20.8 Å². The van der Waals surface area contributed by atoms with Crippen molar-refractivity contribution in [1.82, 2.24) is 0 Å². The predicted octanol–water partition coefficient (Wildman–Crippen LogP) is 3.33. The van der Waals surface area contributed by atoms with Gasteiger partial charge in [0.15, 0.2) is 15.0 Å². The van der Waals surface area contributed by atoms with Gasteiger partial charge in [0.1, 0.15) is 0 Å². The normalized spacial score (nSPS) is 22.0. The first-order valence-electron chi connectivity index (χ1n) is 9.86. The third kappa shape index (κ3) is 4.39. The van der Waals surface area contributed by atoms with Crippen molar-refractivity contribution in [2.24, 2.45) is 4.99 Å². The fraction of sp³-hybridized carbons (Fsp3) is 0.364. The molecule has 1 saturated heterocycles. The molecule has 8 heteroatoms. The fourth-order valence-corrected chi connectivity index (χ4v) is 6.59. The van der Waals surface area contributed by atoms with Crippen LogP contribution in [-0.4, -0.2) is 48.8 Å². The maximum atomic E-state index is 12.6. The van der Waals surface area contributed by atoms with E-state index in [9.17, 15) is 13.2 Å². The Kier molecular flexibility index (Phi) is 5.63. The van der Waals surface area contributed by atoms with Crippen molar-refractivity contribution in [3.8, 4) is 0 Å². The van der Waals surface area contributed by atoms with Crippen molar-refractivity contribution in [3.63, 3.8) is 0 Å². The number of amidine groups is 1. The van der Waals surface area contributed by atoms with Gasteiger partial charge in [0.25, 0.3) is 0 Å². The molecule has 2 aromatic carbocycles. The molecule has 2 heterocycles. The number of sulfone groups is 1. The van der Waals surface area contributed by atoms with E-state index in [1.165, 1.54) is 11.8 Å². The Morgan fingerprint density at radius 3 is 2.53 bits per heavy atom. The number of benzene rings is 2. The Morgan fingerprint density at radius 2 is 1.80 bits per heavy atom. The third-order valence-corrected chi connectivity index (χ3v) is 8.08. The molecule has 1 fully saturated rings. The lowest BCUT2D eigenvalue weighted by molar-refractivity contribution is -0.113. The van der Waals surface area contributed by atoms with Crippen LogP contribution in [0.2, 0.25) is 0 Å². The molecule has 0 unspecified atom stereocenters. The van der Waals surface area contributed by atoms with Crippen molar-refractivity contribution in [1.29, 1.82) is 0 Å². The SMILES string of the molecule is Cc1ccc(N2C(SCC(=O)Nc3cc(C)ccc3C)=N[C@@H]3CS(=O)(=O)C[C@H]32)cc1. The average molecular weight is 444 g/mol. The molecular formula is C22H25N3O3S2. The number of nitrogens with zero attached hydrogens (tertiary/aromatic N) is 2. The summed E-state index contributed by atoms with van der Waals surface area (Å²) in [7, 11) is -3.10. The molecule has 158 valence electrons. The maximum Gasteiger partial charge on any atom is 0.234 e. The predicted molar refractivity (Wildman–Crippen MR) is 124 cm³/mol. The van der Waals surface area contributed by atoms with Crippen LogP contribution in [0.25, 0.3) is 0 Å². The lowest BCUT2D eigenvalue weighted by Gasteiger charge is -2.26. The minimum atomic E-state index is -3.10. The zero-order chi connectivity index (χ0) is 21.5. The molecule has 6 nitrogen and oxygen atoms in total. The lowest BCUT2D eigenvalue weighted by atomic mass is 10.1. The summed E-state index contributed by atoms with van der Waals surface area (Å²) in [5.74, 6) is 0.262. The fourth-order valence-electron chi connectivity index (χ4n) is 3.83. The number of rotatable bonds is 4. The van der Waals surface area contributed by atoms with Gasteiger partial charge in [0.2, 0.25) is 5.91 Å². The summed E-state index contributed by atoms with van der Waals surface area (Å²) in [6, 6.07) is 13.4. The summed E-state index contributed by atoms with van der Waals surface area (Å²) < 4.78 is 24.3. The maximum absolute atomic E-state index is 12.6. The van der Waals surface area contributed by atoms with Crippen molar-refractivity contribution in [2.45, 2.75) is 32.9 Å². The molecule has 4 rings (SSSR count). The number of thioether (sulfide) groups is 1. The third-order valence-electron chi connectivity index (χ3n) is 5.42. The molecule has 1 amide bonds. The van der Waals surface area contributed by atoms with Gasteiger partial charge in [-0.15, -0.1) is 0 Å². The van der Waals surface area contributed by atoms with Gasteiger partial charge < -0.3 is 10.2 Å². The largest absolute Gasteiger partial charge is 0.325 e. The Labute approximate surface area is 181 Å². The summed E-state index contributed by atoms with van der Waals surface area (Å²) in [6.07, 6.45) is 0. The van der Waals surface area contributed by atoms with E-state index in [-0.39, 0.29) is 35.2 Å². The van der Waals surface area contributed by atoms with Gasteiger partial charge >= 0.3 is 0 Å². The van der Waals surface area contributed by atoms with Crippen molar-refractivity contribution in [2.75, 3.05) is 27.5 Å². The van der Waals surface area contributed by atoms with E-state index >= 15 is 0 Å². The Hall–Kier alpha value is -2.32. The first kappa shape index (κ1) is 20.9. The summed E-state index contributed by atoms with van der Waals surface area (Å²) >= 11 is 1.35. The monoisotopic (exact) mass is 443 g/mol. The van der Waals surface area contributed by atoms with Crippen LogP contribution in [0.1, 0.15) is 16.7 Å². The highest BCUT2D eigenvalue weighted by Gasteiger charge is 2.47. The van der Waals surface area contributed by atoms with Gasteiger partial charge in [-0.1, -0.05) is 41.6 Å². The standard InChI is InChI=1S/C22H25N3O3S2/c1-14-5-8-17(9-6-14)25-20-13-30(27,28)12-19(20)24-22(25)29-11-21(26)23-18-10-15(2)4-7-16(18)3/h4-10,19-20H,11-13H2,1-3H3,(H,23,26)/t19-,20-/m1/s1. The van der Waals surface area contributed by atoms with Gasteiger partial charge in [-0.3, -0.25) is 9.79 Å². The molecule has 0 aliphatic carbocycles. The number of hydrogen-bond donors (Lipinski definition) is 1. The highest BCUT2D eigenvalue weighted by Crippen LogP contribution is 2.35. The zero-order valence-electron chi connectivity index (χ0n) is 17.3. The Morgan fingerprint density at radius 1 is 1.10 bits per heavy atom. The molecule has 0 aromatic heterocycles. The summed E-state index contributed by atoms with van der Waals surface area (Å²) in [5, 5.41) is 3.68. The average Bonchev–Trinajstić information content (AvgIpc) is 3.15. The van der Waals surface area contributed by atoms with Gasteiger partial charge in [-0.05, 0) is 50.1 Å². The molecule has 0 bridgehead atoms. The van der Waals surface area contributed by atoms with Crippen LogP contribution in [0.15, 0.2) is 47.5 Å². The molecule has 1 N–H and O–H groups in total. The summed E-state index contributed by atoms with van der Waals surface area (Å²) in [6.45, 7) is 5.96. The van der Waals surface area contributed by atoms with Gasteiger partial charge in [0.05, 0.1) is 29.3 Å². The van der Waals surface area contributed by atoms with Crippen LogP contribution in [0.4, 0.5) is 11.4 Å². The van der Waals surface area contributed by atoms with Crippen LogP contribution >= 0.6 is 11.8 Å². The minimum absolute atomic E-state index is 0.0682. The number of amides is 1. The van der Waals surface area contributed by atoms with Gasteiger partial charge in [-0.2, -0.15) is 0 Å². The van der Waals surface area contributed by atoms with Crippen LogP contribution in [-0.2, 0) is 14.6 Å². The van der Waals surface area contributed by atoms with E-state index < -0.39 is 9.84 Å². The molecule has 2 aliphatic heterocycles. The Bertz CT molecular complexity index is 1110. The molecule has 2 atom stereocenters. The number of aryl methyl sites for hydroxylation is 3. The van der Waals surface area contributed by atoms with Crippen LogP contribution < -0.4 is 10.2 Å². The van der Waals surface area contributed by atoms with E-state index in [4.69, 9.17) is 0 Å². The first-order chi connectivity index (χ1) is 14.2. The van der Waals surface area contributed by atoms with Crippen LogP contribution in [0.5, 0.6) is 0 Å². The van der Waals surface area contributed by atoms with E-state index in [0.29, 0.717) is 5.17 Å². The summed E-state index contributed by atoms with van der Waals surface area (Å²) in [5.41, 5.74) is 4.95. The molecule has 0 radical (unpaired) electrons. The van der Waals surface area contributed by atoms with Crippen molar-refractivity contribution in [3.05, 3.63) is 59.2 Å². The first-order valence-corrected chi connectivity index (χ1v) is 12.7. The lowest BCUT2D eigenvalue weighted by Crippen LogP contribution is -2.39. The number of fused-ring (bicyclic) bond motifs is 1. The molecule has 0 spiro atoms. The van der Waals surface area contributed by atoms with Crippen molar-refractivity contribution >= 4 is 44.0 Å². The number of hydrogen-bond acceptors (Lipinski definition) is 6. The minimum Gasteiger partial charge on any atom is -0.325 e. The van der Waals surface area contributed by atoms with E-state index in [1.807, 2.05) is 68.1 Å². The summed E-state index contributed by atoms with van der Waals surface area (Å²) in [4.78, 5) is 19.2. The quantitative estimate of drug-likeness (QED) is 0.784. The smallest absolute Gasteiger partial charge is 0.234 e. The second-order valence-corrected chi connectivity index (χ2v) is 11.1. The molecule has 30 heavy (non-hydrogen) atoms. The molecule has 2 aliphatic rings. The number of anilines is 2. The Balaban J connectivity index is 1.50. The number of carbonyl (C=O) groups excluding carboxylic acids is 1. The second kappa shape index (κ2) is 8.07. The number of nitrogens with one attached hydrogen (secondary N) is 1. The molecule has 0 saturated carbocycles. The zero-order valence-corrected chi connectivity index (χ0v) is 18.9. The van der Waals surface area contributed by atoms with Gasteiger partial charge in [-0.25, -0.2) is 8.42 Å². The van der Waals surface area contributed by atoms with E-state index in [2.05, 4.69) is 10.3 Å². The number of carbonyl (C=O) groups is 1.